The smallest absolute Gasteiger partial charge is 0.240 e. The third-order valence-electron chi connectivity index (χ3n) is 6.26. The summed E-state index contributed by atoms with van der Waals surface area (Å²) in [6.07, 6.45) is 0. The topological polar surface area (TPSA) is 55.9 Å². The second-order valence-corrected chi connectivity index (χ2v) is 10.9. The molecule has 0 aliphatic carbocycles. The monoisotopic (exact) mass is 498 g/mol. The third kappa shape index (κ3) is 5.91. The second-order valence-electron chi connectivity index (χ2n) is 8.67. The SMILES string of the molecule is CN(C)c1ccc([C@H](CNS(=O)(=O)c2ccc(Cl)cc2)N2CCN(c3ccccc3)CC2)cc1. The van der Waals surface area contributed by atoms with Crippen LogP contribution in [0.3, 0.4) is 0 Å². The molecule has 1 atom stereocenters. The normalized spacial score (nSPS) is 15.8. The molecule has 180 valence electrons. The molecule has 0 unspecified atom stereocenters. The van der Waals surface area contributed by atoms with Crippen LogP contribution in [0.5, 0.6) is 0 Å². The minimum atomic E-state index is -3.65. The summed E-state index contributed by atoms with van der Waals surface area (Å²) in [5.74, 6) is 0. The molecule has 34 heavy (non-hydrogen) atoms. The Morgan fingerprint density at radius 2 is 1.50 bits per heavy atom. The average Bonchev–Trinajstić information content (AvgIpc) is 2.85. The van der Waals surface area contributed by atoms with Gasteiger partial charge in [0.05, 0.1) is 4.90 Å². The Morgan fingerprint density at radius 3 is 2.09 bits per heavy atom. The van der Waals surface area contributed by atoms with E-state index in [4.69, 9.17) is 11.6 Å². The van der Waals surface area contributed by atoms with Crippen molar-refractivity contribution in [3.8, 4) is 0 Å². The second kappa shape index (κ2) is 10.8. The first-order valence-corrected chi connectivity index (χ1v) is 13.3. The molecule has 0 saturated carbocycles. The average molecular weight is 499 g/mol. The molecule has 0 amide bonds. The Kier molecular flexibility index (Phi) is 7.78. The van der Waals surface area contributed by atoms with Gasteiger partial charge in [-0.3, -0.25) is 4.90 Å². The zero-order valence-electron chi connectivity index (χ0n) is 19.6. The van der Waals surface area contributed by atoms with Crippen LogP contribution in [0.1, 0.15) is 11.6 Å². The lowest BCUT2D eigenvalue weighted by atomic mass is 10.0. The minimum Gasteiger partial charge on any atom is -0.378 e. The maximum atomic E-state index is 13.0. The highest BCUT2D eigenvalue weighted by Gasteiger charge is 2.27. The molecule has 0 aromatic heterocycles. The number of rotatable bonds is 8. The first kappa shape index (κ1) is 24.5. The molecule has 4 rings (SSSR count). The van der Waals surface area contributed by atoms with Crippen molar-refractivity contribution in [2.24, 2.45) is 0 Å². The molecule has 3 aromatic carbocycles. The molecule has 1 heterocycles. The van der Waals surface area contributed by atoms with Gasteiger partial charge in [-0.2, -0.15) is 0 Å². The summed E-state index contributed by atoms with van der Waals surface area (Å²) < 4.78 is 28.7. The maximum absolute atomic E-state index is 13.0. The van der Waals surface area contributed by atoms with Crippen LogP contribution in [0.2, 0.25) is 5.02 Å². The number of para-hydroxylation sites is 1. The standard InChI is InChI=1S/C26H31ClN4O2S/c1-29(2)23-12-8-21(9-13-23)26(20-28-34(32,33)25-14-10-22(27)11-15-25)31-18-16-30(17-19-31)24-6-4-3-5-7-24/h3-15,26,28H,16-20H2,1-2H3/t26-/m0/s1. The fourth-order valence-electron chi connectivity index (χ4n) is 4.27. The van der Waals surface area contributed by atoms with Crippen LogP contribution in [-0.4, -0.2) is 60.1 Å². The molecular formula is C26H31ClN4O2S. The van der Waals surface area contributed by atoms with Crippen LogP contribution >= 0.6 is 11.6 Å². The number of hydrogen-bond acceptors (Lipinski definition) is 5. The van der Waals surface area contributed by atoms with E-state index in [1.165, 1.54) is 17.8 Å². The first-order valence-electron chi connectivity index (χ1n) is 11.4. The summed E-state index contributed by atoms with van der Waals surface area (Å²) >= 11 is 5.93. The van der Waals surface area contributed by atoms with Crippen molar-refractivity contribution in [1.82, 2.24) is 9.62 Å². The molecule has 1 aliphatic rings. The molecule has 8 heteroatoms. The number of halogens is 1. The van der Waals surface area contributed by atoms with Crippen LogP contribution in [0.4, 0.5) is 11.4 Å². The molecule has 3 aromatic rings. The van der Waals surface area contributed by atoms with E-state index < -0.39 is 10.0 Å². The number of anilines is 2. The fraction of sp³-hybridized carbons (Fsp3) is 0.308. The summed E-state index contributed by atoms with van der Waals surface area (Å²) in [6.45, 7) is 3.76. The number of piperazine rings is 1. The van der Waals surface area contributed by atoms with Crippen molar-refractivity contribution in [1.29, 1.82) is 0 Å². The predicted octanol–water partition coefficient (Wildman–Crippen LogP) is 4.25. The Labute approximate surface area is 207 Å². The quantitative estimate of drug-likeness (QED) is 0.503. The van der Waals surface area contributed by atoms with Crippen LogP contribution in [-0.2, 0) is 10.0 Å². The number of nitrogens with one attached hydrogen (secondary N) is 1. The van der Waals surface area contributed by atoms with Gasteiger partial charge in [0, 0.05) is 69.3 Å². The molecule has 1 N–H and O–H groups in total. The Morgan fingerprint density at radius 1 is 0.882 bits per heavy atom. The molecule has 1 fully saturated rings. The van der Waals surface area contributed by atoms with E-state index in [1.54, 1.807) is 12.1 Å². The molecule has 0 spiro atoms. The van der Waals surface area contributed by atoms with Crippen molar-refractivity contribution >= 4 is 33.0 Å². The fourth-order valence-corrected chi connectivity index (χ4v) is 5.43. The van der Waals surface area contributed by atoms with Gasteiger partial charge >= 0.3 is 0 Å². The number of nitrogens with zero attached hydrogens (tertiary/aromatic N) is 3. The summed E-state index contributed by atoms with van der Waals surface area (Å²) in [4.78, 5) is 7.02. The van der Waals surface area contributed by atoms with E-state index in [0.29, 0.717) is 5.02 Å². The van der Waals surface area contributed by atoms with E-state index in [0.717, 1.165) is 37.4 Å². The maximum Gasteiger partial charge on any atom is 0.240 e. The summed E-state index contributed by atoms with van der Waals surface area (Å²) in [6, 6.07) is 24.9. The lowest BCUT2D eigenvalue weighted by Gasteiger charge is -2.40. The first-order chi connectivity index (χ1) is 16.3. The van der Waals surface area contributed by atoms with Crippen LogP contribution in [0.25, 0.3) is 0 Å². The summed E-state index contributed by atoms with van der Waals surface area (Å²) in [7, 11) is 0.371. The largest absolute Gasteiger partial charge is 0.378 e. The Bertz CT molecular complexity index is 1160. The Hall–Kier alpha value is -2.58. The van der Waals surface area contributed by atoms with Gasteiger partial charge in [0.1, 0.15) is 0 Å². The predicted molar refractivity (Wildman–Crippen MR) is 140 cm³/mol. The zero-order valence-corrected chi connectivity index (χ0v) is 21.1. The highest BCUT2D eigenvalue weighted by atomic mass is 35.5. The minimum absolute atomic E-state index is 0.0730. The van der Waals surface area contributed by atoms with Crippen molar-refractivity contribution in [2.75, 3.05) is 56.6 Å². The highest BCUT2D eigenvalue weighted by Crippen LogP contribution is 2.26. The van der Waals surface area contributed by atoms with Gasteiger partial charge in [0.2, 0.25) is 10.0 Å². The van der Waals surface area contributed by atoms with E-state index in [1.807, 2.05) is 20.2 Å². The Balaban J connectivity index is 1.52. The van der Waals surface area contributed by atoms with Gasteiger partial charge < -0.3 is 9.80 Å². The molecule has 1 saturated heterocycles. The summed E-state index contributed by atoms with van der Waals surface area (Å²) in [5.41, 5.74) is 3.42. The molecule has 0 bridgehead atoms. The summed E-state index contributed by atoms with van der Waals surface area (Å²) in [5, 5.41) is 0.508. The van der Waals surface area contributed by atoms with E-state index in [2.05, 4.69) is 68.0 Å². The van der Waals surface area contributed by atoms with Crippen LogP contribution in [0, 0.1) is 0 Å². The van der Waals surface area contributed by atoms with E-state index in [-0.39, 0.29) is 17.5 Å². The number of sulfonamides is 1. The lowest BCUT2D eigenvalue weighted by Crippen LogP contribution is -2.49. The van der Waals surface area contributed by atoms with Crippen molar-refractivity contribution in [3.63, 3.8) is 0 Å². The van der Waals surface area contributed by atoms with Crippen LogP contribution in [0.15, 0.2) is 83.8 Å². The van der Waals surface area contributed by atoms with Gasteiger partial charge in [-0.15, -0.1) is 0 Å². The molecule has 6 nitrogen and oxygen atoms in total. The van der Waals surface area contributed by atoms with Crippen LogP contribution < -0.4 is 14.5 Å². The van der Waals surface area contributed by atoms with Crippen molar-refractivity contribution in [3.05, 3.63) is 89.4 Å². The zero-order chi connectivity index (χ0) is 24.1. The van der Waals surface area contributed by atoms with Gasteiger partial charge in [0.25, 0.3) is 0 Å². The van der Waals surface area contributed by atoms with E-state index >= 15 is 0 Å². The van der Waals surface area contributed by atoms with Crippen molar-refractivity contribution in [2.45, 2.75) is 10.9 Å². The van der Waals surface area contributed by atoms with Crippen molar-refractivity contribution < 1.29 is 8.42 Å². The van der Waals surface area contributed by atoms with Gasteiger partial charge in [0.15, 0.2) is 0 Å². The highest BCUT2D eigenvalue weighted by molar-refractivity contribution is 7.89. The van der Waals surface area contributed by atoms with Gasteiger partial charge in [-0.1, -0.05) is 41.9 Å². The molecule has 1 aliphatic heterocycles. The lowest BCUT2D eigenvalue weighted by molar-refractivity contribution is 0.187. The van der Waals surface area contributed by atoms with Gasteiger partial charge in [-0.25, -0.2) is 13.1 Å². The number of benzene rings is 3. The number of hydrogen-bond donors (Lipinski definition) is 1. The van der Waals surface area contributed by atoms with E-state index in [9.17, 15) is 8.42 Å². The molecule has 0 radical (unpaired) electrons. The van der Waals surface area contributed by atoms with Gasteiger partial charge in [-0.05, 0) is 54.1 Å². The third-order valence-corrected chi connectivity index (χ3v) is 7.95. The molecular weight excluding hydrogens is 468 g/mol.